The van der Waals surface area contributed by atoms with Crippen molar-refractivity contribution in [2.75, 3.05) is 0 Å². The van der Waals surface area contributed by atoms with Crippen LogP contribution in [-0.2, 0) is 14.3 Å². The first-order valence-electron chi connectivity index (χ1n) is 11.4. The third-order valence-electron chi connectivity index (χ3n) is 5.42. The monoisotopic (exact) mass is 440 g/mol. The van der Waals surface area contributed by atoms with Gasteiger partial charge in [-0.05, 0) is 46.0 Å². The van der Waals surface area contributed by atoms with E-state index in [1.807, 2.05) is 13.8 Å². The molecule has 0 amide bonds. The van der Waals surface area contributed by atoms with Crippen LogP contribution in [0.4, 0.5) is 4.79 Å². The zero-order valence-corrected chi connectivity index (χ0v) is 19.7. The number of ether oxygens (including phenoxy) is 2. The molecule has 6 heteroatoms. The van der Waals surface area contributed by atoms with Crippen LogP contribution in [0, 0.1) is 11.8 Å². The van der Waals surface area contributed by atoms with Crippen LogP contribution in [0.1, 0.15) is 85.0 Å². The molecule has 0 aromatic rings. The number of rotatable bonds is 14. The first-order chi connectivity index (χ1) is 14.3. The van der Waals surface area contributed by atoms with Crippen molar-refractivity contribution in [2.45, 2.75) is 103 Å². The maximum Gasteiger partial charge on any atom is 0.364 e. The Kier molecular flexibility index (Phi) is 13.8. The Morgan fingerprint density at radius 1 is 1.10 bits per heavy atom. The van der Waals surface area contributed by atoms with Crippen LogP contribution in [0.2, 0.25) is 0 Å². The van der Waals surface area contributed by atoms with Gasteiger partial charge in [-0.2, -0.15) is 0 Å². The molecule has 0 radical (unpaired) electrons. The van der Waals surface area contributed by atoms with Crippen LogP contribution in [0.3, 0.4) is 0 Å². The number of carbonyl (C=O) groups is 2. The van der Waals surface area contributed by atoms with Gasteiger partial charge in [-0.1, -0.05) is 63.1 Å². The van der Waals surface area contributed by atoms with E-state index in [1.165, 1.54) is 19.3 Å². The molecular formula is C24H40O5S. The molecule has 1 aliphatic carbocycles. The fraction of sp³-hybridized carbons (Fsp3) is 0.750. The largest absolute Gasteiger partial charge is 0.463 e. The Morgan fingerprint density at radius 3 is 2.50 bits per heavy atom. The van der Waals surface area contributed by atoms with Crippen molar-refractivity contribution >= 4 is 23.9 Å². The second-order valence-electron chi connectivity index (χ2n) is 8.38. The number of hydrogen-bond acceptors (Lipinski definition) is 5. The minimum Gasteiger partial charge on any atom is -0.463 e. The predicted octanol–water partition coefficient (Wildman–Crippen LogP) is 6.01. The van der Waals surface area contributed by atoms with Crippen LogP contribution < -0.4 is 0 Å². The van der Waals surface area contributed by atoms with Crippen molar-refractivity contribution in [3.05, 3.63) is 24.3 Å². The van der Waals surface area contributed by atoms with E-state index in [2.05, 4.69) is 43.9 Å². The fourth-order valence-electron chi connectivity index (χ4n) is 3.95. The average molecular weight is 441 g/mol. The highest BCUT2D eigenvalue weighted by atomic mass is 32.1. The Balaban J connectivity index is 2.54. The molecule has 30 heavy (non-hydrogen) atoms. The van der Waals surface area contributed by atoms with Crippen molar-refractivity contribution < 1.29 is 24.2 Å². The number of hydrogen-bond donors (Lipinski definition) is 2. The number of carbonyl (C=O) groups excluding carboxylic acids is 2. The molecule has 0 aromatic heterocycles. The predicted molar refractivity (Wildman–Crippen MR) is 124 cm³/mol. The second-order valence-corrected chi connectivity index (χ2v) is 8.75. The molecule has 1 saturated carbocycles. The Morgan fingerprint density at radius 2 is 1.83 bits per heavy atom. The van der Waals surface area contributed by atoms with Gasteiger partial charge in [-0.3, -0.25) is 4.79 Å². The highest BCUT2D eigenvalue weighted by Crippen LogP contribution is 2.38. The van der Waals surface area contributed by atoms with Gasteiger partial charge in [0.05, 0.1) is 12.2 Å². The van der Waals surface area contributed by atoms with Gasteiger partial charge < -0.3 is 14.6 Å². The highest BCUT2D eigenvalue weighted by molar-refractivity contribution is 7.96. The van der Waals surface area contributed by atoms with Crippen LogP contribution in [0.15, 0.2) is 24.3 Å². The van der Waals surface area contributed by atoms with E-state index in [0.717, 1.165) is 25.7 Å². The first-order valence-corrected chi connectivity index (χ1v) is 11.9. The molecule has 0 bridgehead atoms. The van der Waals surface area contributed by atoms with Crippen LogP contribution in [0.5, 0.6) is 0 Å². The molecule has 0 aliphatic heterocycles. The summed E-state index contributed by atoms with van der Waals surface area (Å²) in [5, 5.41) is 9.91. The lowest BCUT2D eigenvalue weighted by atomic mass is 9.89. The average Bonchev–Trinajstić information content (AvgIpc) is 2.94. The molecule has 4 atom stereocenters. The van der Waals surface area contributed by atoms with E-state index < -0.39 is 11.4 Å². The first kappa shape index (κ1) is 26.8. The van der Waals surface area contributed by atoms with Gasteiger partial charge in [0.1, 0.15) is 6.10 Å². The van der Waals surface area contributed by atoms with Gasteiger partial charge in [0.15, 0.2) is 0 Å². The van der Waals surface area contributed by atoms with Gasteiger partial charge in [0.25, 0.3) is 0 Å². The van der Waals surface area contributed by atoms with E-state index in [4.69, 9.17) is 9.47 Å². The summed E-state index contributed by atoms with van der Waals surface area (Å²) in [7, 11) is 0. The number of unbranched alkanes of at least 4 members (excludes halogenated alkanes) is 5. The van der Waals surface area contributed by atoms with E-state index in [1.54, 1.807) is 0 Å². The normalized spacial score (nSPS) is 24.2. The molecule has 5 nitrogen and oxygen atoms in total. The third kappa shape index (κ3) is 11.2. The number of allylic oxidation sites excluding steroid dienone is 3. The maximum atomic E-state index is 11.6. The molecule has 1 N–H and O–H groups in total. The SMILES string of the molecule is CCCCCC/C=C/[C@@H]1[C@@H](C/C=C\CCCC(=O)OC(C)C)[C@@H](OC(=O)S)C[C@H]1O. The lowest BCUT2D eigenvalue weighted by Gasteiger charge is -2.21. The summed E-state index contributed by atoms with van der Waals surface area (Å²) in [5.74, 6) is -0.160. The van der Waals surface area contributed by atoms with E-state index in [0.29, 0.717) is 19.3 Å². The molecule has 0 heterocycles. The van der Waals surface area contributed by atoms with E-state index in [9.17, 15) is 14.7 Å². The van der Waals surface area contributed by atoms with Gasteiger partial charge in [-0.15, -0.1) is 0 Å². The Hall–Kier alpha value is -1.27. The molecule has 0 aromatic carbocycles. The van der Waals surface area contributed by atoms with Gasteiger partial charge in [0.2, 0.25) is 0 Å². The quantitative estimate of drug-likeness (QED) is 0.150. The second kappa shape index (κ2) is 15.5. The molecule has 0 saturated heterocycles. The molecule has 1 aliphatic rings. The van der Waals surface area contributed by atoms with Crippen molar-refractivity contribution in [2.24, 2.45) is 11.8 Å². The molecule has 1 rings (SSSR count). The van der Waals surface area contributed by atoms with Crippen molar-refractivity contribution in [3.8, 4) is 0 Å². The highest BCUT2D eigenvalue weighted by Gasteiger charge is 2.42. The van der Waals surface area contributed by atoms with Crippen molar-refractivity contribution in [1.29, 1.82) is 0 Å². The van der Waals surface area contributed by atoms with Gasteiger partial charge in [-0.25, -0.2) is 4.79 Å². The number of aliphatic hydroxyl groups excluding tert-OH is 1. The van der Waals surface area contributed by atoms with Crippen LogP contribution >= 0.6 is 12.6 Å². The topological polar surface area (TPSA) is 72.8 Å². The van der Waals surface area contributed by atoms with Crippen molar-refractivity contribution in [3.63, 3.8) is 0 Å². The fourth-order valence-corrected chi connectivity index (χ4v) is 4.08. The summed E-state index contributed by atoms with van der Waals surface area (Å²) in [6, 6.07) is 0. The van der Waals surface area contributed by atoms with Gasteiger partial charge in [0, 0.05) is 24.7 Å². The molecule has 0 spiro atoms. The van der Waals surface area contributed by atoms with E-state index >= 15 is 0 Å². The summed E-state index contributed by atoms with van der Waals surface area (Å²) >= 11 is 3.75. The molecule has 1 fully saturated rings. The van der Waals surface area contributed by atoms with Gasteiger partial charge >= 0.3 is 11.3 Å². The summed E-state index contributed by atoms with van der Waals surface area (Å²) in [4.78, 5) is 22.9. The lowest BCUT2D eigenvalue weighted by Crippen LogP contribution is -2.23. The minimum atomic E-state index is -0.603. The van der Waals surface area contributed by atoms with Crippen molar-refractivity contribution in [1.82, 2.24) is 0 Å². The summed E-state index contributed by atoms with van der Waals surface area (Å²) < 4.78 is 10.5. The van der Waals surface area contributed by atoms with Crippen LogP contribution in [-0.4, -0.2) is 34.7 Å². The standard InChI is InChI=1S/C24H40O5S/c1-4-5-6-7-8-11-14-19-20(22(17-21(19)25)29-24(27)30)15-12-9-10-13-16-23(26)28-18(2)3/h9,11-12,14,18-22,25H,4-8,10,13,15-17H2,1-3H3,(H,27,30)/b12-9-,14-11+/t19-,20-,21-,22+/m1/s1. The van der Waals surface area contributed by atoms with Crippen LogP contribution in [0.25, 0.3) is 0 Å². The number of aliphatic hydroxyl groups is 1. The maximum absolute atomic E-state index is 11.6. The Bertz CT molecular complexity index is 558. The summed E-state index contributed by atoms with van der Waals surface area (Å²) in [6.45, 7) is 5.89. The zero-order valence-electron chi connectivity index (χ0n) is 18.8. The zero-order chi connectivity index (χ0) is 22.4. The molecular weight excluding hydrogens is 400 g/mol. The summed E-state index contributed by atoms with van der Waals surface area (Å²) in [6.07, 6.45) is 16.4. The smallest absolute Gasteiger partial charge is 0.364 e. The van der Waals surface area contributed by atoms with E-state index in [-0.39, 0.29) is 30.0 Å². The lowest BCUT2D eigenvalue weighted by molar-refractivity contribution is -0.147. The third-order valence-corrected chi connectivity index (χ3v) is 5.52. The molecule has 0 unspecified atom stereocenters. The Labute approximate surface area is 187 Å². The number of esters is 1. The molecule has 172 valence electrons. The number of thiol groups is 1. The summed E-state index contributed by atoms with van der Waals surface area (Å²) in [5.41, 5.74) is 0. The minimum absolute atomic E-state index is 0.0282.